The third kappa shape index (κ3) is 4.22. The van der Waals surface area contributed by atoms with Crippen LogP contribution >= 0.6 is 0 Å². The number of nitrogens with one attached hydrogen (secondary N) is 1. The lowest BCUT2D eigenvalue weighted by atomic mass is 9.68. The summed E-state index contributed by atoms with van der Waals surface area (Å²) >= 11 is 0. The number of nitrogens with zero attached hydrogens (tertiary/aromatic N) is 2. The van der Waals surface area contributed by atoms with E-state index in [1.165, 1.54) is 41.6 Å². The standard InChI is InChI=1S/C29H37N3O3/c1-34-22-5-3-4-21(14-22)17-32-19-29(10-12-31(13-11-29)16-20-6-7-20)27-24-9-8-23(35-2)15-25(24)30-28(27)26(32)18-33/h3-5,8-9,14-15,20,26,30,33H,6-7,10-13,16-19H2,1-2H3/t26-/m1/s1. The van der Waals surface area contributed by atoms with Crippen molar-refractivity contribution in [1.29, 1.82) is 0 Å². The normalized spacial score (nSPS) is 22.4. The smallest absolute Gasteiger partial charge is 0.120 e. The van der Waals surface area contributed by atoms with Gasteiger partial charge in [0.1, 0.15) is 11.5 Å². The quantitative estimate of drug-likeness (QED) is 0.528. The van der Waals surface area contributed by atoms with E-state index in [1.54, 1.807) is 14.2 Å². The molecular formula is C29H37N3O3. The van der Waals surface area contributed by atoms with E-state index in [1.807, 2.05) is 6.07 Å². The number of aromatic amines is 1. The van der Waals surface area contributed by atoms with Gasteiger partial charge in [0.15, 0.2) is 0 Å². The van der Waals surface area contributed by atoms with Crippen molar-refractivity contribution in [1.82, 2.24) is 14.8 Å². The Bertz CT molecular complexity index is 1190. The summed E-state index contributed by atoms with van der Waals surface area (Å²) in [7, 11) is 3.43. The van der Waals surface area contributed by atoms with Gasteiger partial charge in [-0.2, -0.15) is 0 Å². The summed E-state index contributed by atoms with van der Waals surface area (Å²) < 4.78 is 11.0. The molecule has 1 atom stereocenters. The van der Waals surface area contributed by atoms with Gasteiger partial charge in [0.2, 0.25) is 0 Å². The Morgan fingerprint density at radius 3 is 2.51 bits per heavy atom. The van der Waals surface area contributed by atoms with Crippen LogP contribution in [-0.2, 0) is 12.0 Å². The van der Waals surface area contributed by atoms with E-state index < -0.39 is 0 Å². The zero-order chi connectivity index (χ0) is 24.0. The SMILES string of the molecule is COc1cccc(CN2CC3(CCN(CC4CC4)CC3)c3c([nH]c4cc(OC)ccc34)[C@H]2CO)c1. The zero-order valence-electron chi connectivity index (χ0n) is 20.9. The summed E-state index contributed by atoms with van der Waals surface area (Å²) in [6.45, 7) is 5.39. The molecule has 0 radical (unpaired) electrons. The number of piperidine rings is 1. The minimum Gasteiger partial charge on any atom is -0.497 e. The van der Waals surface area contributed by atoms with Crippen molar-refractivity contribution in [3.63, 3.8) is 0 Å². The Morgan fingerprint density at radius 2 is 1.80 bits per heavy atom. The summed E-state index contributed by atoms with van der Waals surface area (Å²) in [6.07, 6.45) is 5.11. The molecule has 186 valence electrons. The Labute approximate surface area is 207 Å². The predicted molar refractivity (Wildman–Crippen MR) is 138 cm³/mol. The van der Waals surface area contributed by atoms with Gasteiger partial charge in [-0.25, -0.2) is 0 Å². The minimum atomic E-state index is -0.0651. The average molecular weight is 476 g/mol. The third-order valence-electron chi connectivity index (χ3n) is 8.56. The fourth-order valence-corrected chi connectivity index (χ4v) is 6.52. The molecule has 3 aliphatic rings. The maximum Gasteiger partial charge on any atom is 0.120 e. The van der Waals surface area contributed by atoms with Crippen LogP contribution in [0.15, 0.2) is 42.5 Å². The second-order valence-electron chi connectivity index (χ2n) is 10.8. The molecule has 2 fully saturated rings. The van der Waals surface area contributed by atoms with Gasteiger partial charge in [0.05, 0.1) is 26.9 Å². The van der Waals surface area contributed by atoms with Crippen LogP contribution in [0.3, 0.4) is 0 Å². The predicted octanol–water partition coefficient (Wildman–Crippen LogP) is 4.48. The van der Waals surface area contributed by atoms with Crippen LogP contribution in [0.5, 0.6) is 11.5 Å². The molecule has 2 N–H and O–H groups in total. The number of benzene rings is 2. The van der Waals surface area contributed by atoms with Gasteiger partial charge in [-0.15, -0.1) is 0 Å². The Balaban J connectivity index is 1.40. The highest BCUT2D eigenvalue weighted by molar-refractivity contribution is 5.87. The van der Waals surface area contributed by atoms with E-state index in [2.05, 4.69) is 51.2 Å². The molecule has 0 bridgehead atoms. The number of aromatic nitrogens is 1. The maximum absolute atomic E-state index is 10.6. The van der Waals surface area contributed by atoms with E-state index in [-0.39, 0.29) is 18.1 Å². The Hall–Kier alpha value is -2.54. The van der Waals surface area contributed by atoms with Crippen LogP contribution in [-0.4, -0.2) is 66.9 Å². The highest BCUT2D eigenvalue weighted by Gasteiger charge is 2.47. The molecule has 6 nitrogen and oxygen atoms in total. The van der Waals surface area contributed by atoms with Crippen molar-refractivity contribution >= 4 is 10.9 Å². The van der Waals surface area contributed by atoms with Gasteiger partial charge < -0.3 is 24.5 Å². The summed E-state index contributed by atoms with van der Waals surface area (Å²) in [5.74, 6) is 2.66. The average Bonchev–Trinajstić information content (AvgIpc) is 3.62. The van der Waals surface area contributed by atoms with Crippen molar-refractivity contribution in [2.24, 2.45) is 5.92 Å². The van der Waals surface area contributed by atoms with Crippen LogP contribution < -0.4 is 9.47 Å². The molecule has 35 heavy (non-hydrogen) atoms. The summed E-state index contributed by atoms with van der Waals surface area (Å²) in [6, 6.07) is 14.6. The molecule has 2 aromatic carbocycles. The Kier molecular flexibility index (Phi) is 5.99. The molecule has 3 heterocycles. The van der Waals surface area contributed by atoms with Gasteiger partial charge in [-0.3, -0.25) is 4.90 Å². The second-order valence-corrected chi connectivity index (χ2v) is 10.8. The lowest BCUT2D eigenvalue weighted by Crippen LogP contribution is -2.53. The Morgan fingerprint density at radius 1 is 1.03 bits per heavy atom. The van der Waals surface area contributed by atoms with E-state index in [4.69, 9.17) is 9.47 Å². The number of hydrogen-bond acceptors (Lipinski definition) is 5. The first-order valence-corrected chi connectivity index (χ1v) is 13.0. The summed E-state index contributed by atoms with van der Waals surface area (Å²) in [5, 5.41) is 11.9. The van der Waals surface area contributed by atoms with E-state index in [0.29, 0.717) is 0 Å². The number of aliphatic hydroxyl groups excluding tert-OH is 1. The first kappa shape index (κ1) is 22.9. The van der Waals surface area contributed by atoms with Crippen molar-refractivity contribution < 1.29 is 14.6 Å². The molecule has 1 saturated heterocycles. The number of fused-ring (bicyclic) bond motifs is 4. The topological polar surface area (TPSA) is 61.0 Å². The van der Waals surface area contributed by atoms with Crippen LogP contribution in [0, 0.1) is 5.92 Å². The lowest BCUT2D eigenvalue weighted by Gasteiger charge is -2.50. The number of H-pyrrole nitrogens is 1. The molecule has 0 unspecified atom stereocenters. The van der Waals surface area contributed by atoms with E-state index in [0.717, 1.165) is 62.0 Å². The van der Waals surface area contributed by atoms with Crippen LogP contribution in [0.25, 0.3) is 10.9 Å². The van der Waals surface area contributed by atoms with Gasteiger partial charge in [0, 0.05) is 47.7 Å². The van der Waals surface area contributed by atoms with Crippen molar-refractivity contribution in [3.8, 4) is 11.5 Å². The fourth-order valence-electron chi connectivity index (χ4n) is 6.52. The molecule has 0 amide bonds. The van der Waals surface area contributed by atoms with Gasteiger partial charge >= 0.3 is 0 Å². The molecule has 1 spiro atoms. The van der Waals surface area contributed by atoms with E-state index >= 15 is 0 Å². The van der Waals surface area contributed by atoms with Gasteiger partial charge in [-0.05, 0) is 80.1 Å². The van der Waals surface area contributed by atoms with Crippen molar-refractivity contribution in [2.45, 2.75) is 43.7 Å². The number of aliphatic hydroxyl groups is 1. The summed E-state index contributed by atoms with van der Waals surface area (Å²) in [4.78, 5) is 8.91. The van der Waals surface area contributed by atoms with Gasteiger partial charge in [0.25, 0.3) is 0 Å². The minimum absolute atomic E-state index is 0.0651. The van der Waals surface area contributed by atoms with E-state index in [9.17, 15) is 5.11 Å². The summed E-state index contributed by atoms with van der Waals surface area (Å²) in [5.41, 5.74) is 5.01. The second kappa shape index (κ2) is 9.16. The number of methoxy groups -OCH3 is 2. The molecule has 6 heteroatoms. The highest BCUT2D eigenvalue weighted by atomic mass is 16.5. The molecule has 2 aliphatic heterocycles. The maximum atomic E-state index is 10.6. The number of likely N-dealkylation sites (tertiary alicyclic amines) is 1. The number of hydrogen-bond donors (Lipinski definition) is 2. The molecular weight excluding hydrogens is 438 g/mol. The highest BCUT2D eigenvalue weighted by Crippen LogP contribution is 2.49. The molecule has 1 aromatic heterocycles. The first-order chi connectivity index (χ1) is 17.1. The number of rotatable bonds is 7. The van der Waals surface area contributed by atoms with Gasteiger partial charge in [-0.1, -0.05) is 12.1 Å². The molecule has 3 aromatic rings. The van der Waals surface area contributed by atoms with Crippen LogP contribution in [0.2, 0.25) is 0 Å². The largest absolute Gasteiger partial charge is 0.497 e. The first-order valence-electron chi connectivity index (χ1n) is 13.0. The van der Waals surface area contributed by atoms with Crippen molar-refractivity contribution in [2.75, 3.05) is 47.0 Å². The van der Waals surface area contributed by atoms with Crippen LogP contribution in [0.1, 0.15) is 48.5 Å². The molecule has 6 rings (SSSR count). The fraction of sp³-hybridized carbons (Fsp3) is 0.517. The molecule has 1 aliphatic carbocycles. The lowest BCUT2D eigenvalue weighted by molar-refractivity contribution is 0.0426. The third-order valence-corrected chi connectivity index (χ3v) is 8.56. The van der Waals surface area contributed by atoms with Crippen molar-refractivity contribution in [3.05, 3.63) is 59.3 Å². The number of ether oxygens (including phenoxy) is 2. The molecule has 1 saturated carbocycles. The van der Waals surface area contributed by atoms with Crippen LogP contribution in [0.4, 0.5) is 0 Å². The zero-order valence-corrected chi connectivity index (χ0v) is 20.9. The monoisotopic (exact) mass is 475 g/mol.